The summed E-state index contributed by atoms with van der Waals surface area (Å²) < 4.78 is 5.75. The first-order valence-electron chi connectivity index (χ1n) is 14.0. The van der Waals surface area contributed by atoms with E-state index in [2.05, 4.69) is 23.4 Å². The molecule has 4 saturated carbocycles. The zero-order valence-corrected chi connectivity index (χ0v) is 22.2. The molecule has 3 aromatic rings. The van der Waals surface area contributed by atoms with E-state index in [0.29, 0.717) is 17.0 Å². The molecule has 0 unspecified atom stereocenters. The summed E-state index contributed by atoms with van der Waals surface area (Å²) in [6.07, 6.45) is 14.7. The number of benzene rings is 3. The number of carbonyl (C=O) groups excluding carboxylic acids is 3. The van der Waals surface area contributed by atoms with Gasteiger partial charge in [0.15, 0.2) is 0 Å². The van der Waals surface area contributed by atoms with Crippen molar-refractivity contribution in [3.05, 3.63) is 77.4 Å². The zero-order valence-electron chi connectivity index (χ0n) is 22.2. The Hall–Kier alpha value is -4.37. The standard InChI is InChI=1S/C34H30N2O4/c1-2-13-40-30-12-7-24-5-3-4-6-27(24)28(30)17-29-31(37)35-33(39)36(32(29)38)26-10-8-25(9-11-26)34-18-21-14-22(19-34)16-23(15-21)20-34/h1,3-12,17,21-23H,13-16,18-20H2,(H,35,37,39)/b29-17+. The van der Waals surface area contributed by atoms with Gasteiger partial charge in [0.25, 0.3) is 11.8 Å². The van der Waals surface area contributed by atoms with Crippen LogP contribution in [0.25, 0.3) is 16.8 Å². The fraction of sp³-hybridized carbons (Fsp3) is 0.324. The van der Waals surface area contributed by atoms with E-state index < -0.39 is 17.8 Å². The van der Waals surface area contributed by atoms with Gasteiger partial charge < -0.3 is 4.74 Å². The lowest BCUT2D eigenvalue weighted by Gasteiger charge is -2.57. The van der Waals surface area contributed by atoms with E-state index in [4.69, 9.17) is 11.2 Å². The molecule has 0 aromatic heterocycles. The van der Waals surface area contributed by atoms with Crippen molar-refractivity contribution in [2.75, 3.05) is 11.5 Å². The third-order valence-corrected chi connectivity index (χ3v) is 9.41. The van der Waals surface area contributed by atoms with Crippen molar-refractivity contribution in [1.82, 2.24) is 5.32 Å². The van der Waals surface area contributed by atoms with Crippen LogP contribution in [0.1, 0.15) is 49.7 Å². The summed E-state index contributed by atoms with van der Waals surface area (Å²) in [5.74, 6) is 3.95. The highest BCUT2D eigenvalue weighted by Crippen LogP contribution is 2.60. The predicted molar refractivity (Wildman–Crippen MR) is 154 cm³/mol. The number of barbiturate groups is 1. The van der Waals surface area contributed by atoms with Gasteiger partial charge in [-0.3, -0.25) is 14.9 Å². The second-order valence-corrected chi connectivity index (χ2v) is 11.9. The highest BCUT2D eigenvalue weighted by molar-refractivity contribution is 6.39. The summed E-state index contributed by atoms with van der Waals surface area (Å²) in [4.78, 5) is 40.7. The lowest BCUT2D eigenvalue weighted by Crippen LogP contribution is -2.54. The third-order valence-electron chi connectivity index (χ3n) is 9.41. The average molecular weight is 531 g/mol. The summed E-state index contributed by atoms with van der Waals surface area (Å²) >= 11 is 0. The van der Waals surface area contributed by atoms with Gasteiger partial charge in [-0.25, -0.2) is 9.69 Å². The van der Waals surface area contributed by atoms with Gasteiger partial charge >= 0.3 is 6.03 Å². The van der Waals surface area contributed by atoms with Crippen LogP contribution in [0, 0.1) is 30.1 Å². The van der Waals surface area contributed by atoms with Gasteiger partial charge in [-0.2, -0.15) is 0 Å². The van der Waals surface area contributed by atoms with Crippen molar-refractivity contribution in [1.29, 1.82) is 0 Å². The Balaban J connectivity index is 1.23. The number of rotatable bonds is 5. The van der Waals surface area contributed by atoms with E-state index in [1.165, 1.54) is 50.2 Å². The maximum atomic E-state index is 13.7. The van der Waals surface area contributed by atoms with Gasteiger partial charge in [0.2, 0.25) is 0 Å². The van der Waals surface area contributed by atoms with Crippen molar-refractivity contribution in [2.45, 2.75) is 43.9 Å². The first kappa shape index (κ1) is 24.7. The largest absolute Gasteiger partial charge is 0.480 e. The Kier molecular flexibility index (Phi) is 5.78. The number of terminal acetylenes is 1. The molecule has 1 N–H and O–H groups in total. The Morgan fingerprint density at radius 2 is 1.60 bits per heavy atom. The van der Waals surface area contributed by atoms with Crippen molar-refractivity contribution in [2.24, 2.45) is 17.8 Å². The molecule has 0 atom stereocenters. The molecule has 1 heterocycles. The van der Waals surface area contributed by atoms with Gasteiger partial charge in [0.1, 0.15) is 17.9 Å². The summed E-state index contributed by atoms with van der Waals surface area (Å²) in [7, 11) is 0. The summed E-state index contributed by atoms with van der Waals surface area (Å²) in [6.45, 7) is 0.0371. The van der Waals surface area contributed by atoms with Crippen molar-refractivity contribution in [3.8, 4) is 18.1 Å². The van der Waals surface area contributed by atoms with Crippen LogP contribution in [0.4, 0.5) is 10.5 Å². The van der Waals surface area contributed by atoms with Crippen LogP contribution in [0.15, 0.2) is 66.2 Å². The SMILES string of the molecule is C#CCOc1ccc2ccccc2c1/C=C1\C(=O)NC(=O)N(c2ccc(C34CC5CC(CC(C5)C3)C4)cc2)C1=O. The second kappa shape index (κ2) is 9.38. The number of anilines is 1. The Labute approximate surface area is 233 Å². The Morgan fingerprint density at radius 1 is 0.925 bits per heavy atom. The number of urea groups is 1. The predicted octanol–water partition coefficient (Wildman–Crippen LogP) is 5.99. The van der Waals surface area contributed by atoms with Crippen molar-refractivity contribution >= 4 is 40.4 Å². The van der Waals surface area contributed by atoms with Gasteiger partial charge in [-0.15, -0.1) is 6.42 Å². The Morgan fingerprint density at radius 3 is 2.27 bits per heavy atom. The van der Waals surface area contributed by atoms with Gasteiger partial charge in [0.05, 0.1) is 5.69 Å². The van der Waals surface area contributed by atoms with E-state index in [-0.39, 0.29) is 17.6 Å². The number of fused-ring (bicyclic) bond motifs is 1. The minimum Gasteiger partial charge on any atom is -0.480 e. The quantitative estimate of drug-likeness (QED) is 0.250. The van der Waals surface area contributed by atoms with Crippen LogP contribution in [-0.2, 0) is 15.0 Å². The topological polar surface area (TPSA) is 75.7 Å². The molecule has 8 rings (SSSR count). The zero-order chi connectivity index (χ0) is 27.4. The molecule has 1 aliphatic heterocycles. The van der Waals surface area contributed by atoms with Crippen LogP contribution in [0.2, 0.25) is 0 Å². The number of imide groups is 2. The fourth-order valence-electron chi connectivity index (χ4n) is 8.13. The normalized spacial score (nSPS) is 28.2. The van der Waals surface area contributed by atoms with E-state index in [1.807, 2.05) is 42.5 Å². The molecule has 0 radical (unpaired) electrons. The minimum absolute atomic E-state index is 0.0371. The van der Waals surface area contributed by atoms with Crippen LogP contribution in [0.5, 0.6) is 5.75 Å². The molecule has 6 heteroatoms. The highest BCUT2D eigenvalue weighted by atomic mass is 16.5. The molecule has 3 aromatic carbocycles. The third kappa shape index (κ3) is 4.00. The molecule has 6 nitrogen and oxygen atoms in total. The van der Waals surface area contributed by atoms with Gasteiger partial charge in [-0.05, 0) is 102 Å². The van der Waals surface area contributed by atoms with E-state index in [1.54, 1.807) is 6.07 Å². The smallest absolute Gasteiger partial charge is 0.335 e. The number of amides is 4. The molecule has 4 aliphatic carbocycles. The summed E-state index contributed by atoms with van der Waals surface area (Å²) in [5, 5.41) is 4.06. The van der Waals surface area contributed by atoms with E-state index >= 15 is 0 Å². The van der Waals surface area contributed by atoms with E-state index in [9.17, 15) is 14.4 Å². The molecular weight excluding hydrogens is 500 g/mol. The molecule has 4 amide bonds. The first-order chi connectivity index (χ1) is 19.4. The Bertz CT molecular complexity index is 1590. The molecule has 5 fully saturated rings. The molecule has 200 valence electrons. The average Bonchev–Trinajstić information content (AvgIpc) is 2.94. The molecule has 4 bridgehead atoms. The molecule has 1 saturated heterocycles. The van der Waals surface area contributed by atoms with Gasteiger partial charge in [-0.1, -0.05) is 48.4 Å². The van der Waals surface area contributed by atoms with Crippen molar-refractivity contribution < 1.29 is 19.1 Å². The summed E-state index contributed by atoms with van der Waals surface area (Å²) in [6, 6.07) is 18.4. The van der Waals surface area contributed by atoms with Crippen LogP contribution >= 0.6 is 0 Å². The number of carbonyl (C=O) groups is 3. The highest BCUT2D eigenvalue weighted by Gasteiger charge is 2.51. The molecule has 5 aliphatic rings. The first-order valence-corrected chi connectivity index (χ1v) is 14.0. The molecule has 40 heavy (non-hydrogen) atoms. The maximum Gasteiger partial charge on any atom is 0.335 e. The minimum atomic E-state index is -0.753. The monoisotopic (exact) mass is 530 g/mol. The number of nitrogens with one attached hydrogen (secondary N) is 1. The number of ether oxygens (including phenoxy) is 1. The second-order valence-electron chi connectivity index (χ2n) is 11.9. The number of nitrogens with zero attached hydrogens (tertiary/aromatic N) is 1. The lowest BCUT2D eigenvalue weighted by atomic mass is 9.48. The molecular formula is C34H30N2O4. The van der Waals surface area contributed by atoms with Gasteiger partial charge in [0, 0.05) is 5.56 Å². The van der Waals surface area contributed by atoms with Crippen LogP contribution in [0.3, 0.4) is 0 Å². The summed E-state index contributed by atoms with van der Waals surface area (Å²) in [5.41, 5.74) is 2.37. The van der Waals surface area contributed by atoms with Crippen LogP contribution in [-0.4, -0.2) is 24.5 Å². The van der Waals surface area contributed by atoms with Crippen molar-refractivity contribution in [3.63, 3.8) is 0 Å². The number of hydrogen-bond donors (Lipinski definition) is 1. The van der Waals surface area contributed by atoms with Crippen LogP contribution < -0.4 is 15.0 Å². The van der Waals surface area contributed by atoms with E-state index in [0.717, 1.165) is 33.4 Å². The maximum absolute atomic E-state index is 13.7. The lowest BCUT2D eigenvalue weighted by molar-refractivity contribution is -0.122. The fourth-order valence-corrected chi connectivity index (χ4v) is 8.13. The number of hydrogen-bond acceptors (Lipinski definition) is 4. The molecule has 0 spiro atoms.